The topological polar surface area (TPSA) is 65.0 Å². The van der Waals surface area contributed by atoms with Crippen molar-refractivity contribution >= 4 is 54.6 Å². The third-order valence-electron chi connectivity index (χ3n) is 9.09. The molecule has 5 heteroatoms. The first-order valence-corrected chi connectivity index (χ1v) is 15.9. The van der Waals surface area contributed by atoms with Gasteiger partial charge in [-0.15, -0.1) is 0 Å². The van der Waals surface area contributed by atoms with Crippen LogP contribution in [-0.4, -0.2) is 15.0 Å². The van der Waals surface area contributed by atoms with Crippen LogP contribution in [0.1, 0.15) is 0 Å². The highest BCUT2D eigenvalue weighted by molar-refractivity contribution is 6.14. The lowest BCUT2D eigenvalue weighted by Crippen LogP contribution is -2.00. The van der Waals surface area contributed by atoms with Crippen LogP contribution in [0, 0.1) is 0 Å². The molecule has 0 unspecified atom stereocenters. The maximum absolute atomic E-state index is 6.43. The fraction of sp³-hybridized carbons (Fsp3) is 0. The predicted molar refractivity (Wildman–Crippen MR) is 194 cm³/mol. The van der Waals surface area contributed by atoms with Crippen molar-refractivity contribution in [2.24, 2.45) is 0 Å². The van der Waals surface area contributed by atoms with Crippen LogP contribution in [0.15, 0.2) is 160 Å². The maximum Gasteiger partial charge on any atom is 0.164 e. The third-order valence-corrected chi connectivity index (χ3v) is 9.09. The zero-order valence-electron chi connectivity index (χ0n) is 25.6. The molecule has 224 valence electrons. The first kappa shape index (κ1) is 26.6. The number of furan rings is 2. The minimum atomic E-state index is 0.564. The first-order chi connectivity index (χ1) is 23.7. The Hall–Kier alpha value is -6.59. The van der Waals surface area contributed by atoms with Crippen molar-refractivity contribution in [3.05, 3.63) is 152 Å². The summed E-state index contributed by atoms with van der Waals surface area (Å²) in [4.78, 5) is 15.1. The fourth-order valence-corrected chi connectivity index (χ4v) is 6.78. The van der Waals surface area contributed by atoms with Crippen molar-refractivity contribution in [2.45, 2.75) is 0 Å². The summed E-state index contributed by atoms with van der Waals surface area (Å²) in [5.74, 6) is 1.73. The molecule has 10 aromatic rings. The molecule has 7 aromatic carbocycles. The lowest BCUT2D eigenvalue weighted by Gasteiger charge is -2.11. The molecule has 10 rings (SSSR count). The molecule has 0 N–H and O–H groups in total. The molecule has 0 fully saturated rings. The van der Waals surface area contributed by atoms with Crippen molar-refractivity contribution in [2.75, 3.05) is 0 Å². The van der Waals surface area contributed by atoms with Crippen LogP contribution in [0.3, 0.4) is 0 Å². The maximum atomic E-state index is 6.43. The molecular weight excluding hydrogens is 590 g/mol. The van der Waals surface area contributed by atoms with Gasteiger partial charge in [-0.05, 0) is 64.4 Å². The van der Waals surface area contributed by atoms with E-state index in [1.807, 2.05) is 72.8 Å². The minimum absolute atomic E-state index is 0.564. The van der Waals surface area contributed by atoms with E-state index in [-0.39, 0.29) is 0 Å². The van der Waals surface area contributed by atoms with Gasteiger partial charge in [0.25, 0.3) is 0 Å². The van der Waals surface area contributed by atoms with Crippen molar-refractivity contribution in [1.82, 2.24) is 15.0 Å². The Kier molecular flexibility index (Phi) is 5.81. The van der Waals surface area contributed by atoms with Gasteiger partial charge in [0.15, 0.2) is 17.5 Å². The normalized spacial score (nSPS) is 11.8. The average Bonchev–Trinajstić information content (AvgIpc) is 3.71. The lowest BCUT2D eigenvalue weighted by atomic mass is 9.97. The number of nitrogens with zero attached hydrogens (tertiary/aromatic N) is 3. The van der Waals surface area contributed by atoms with Crippen LogP contribution >= 0.6 is 0 Å². The Balaban J connectivity index is 1.20. The van der Waals surface area contributed by atoms with Gasteiger partial charge in [0.1, 0.15) is 22.3 Å². The van der Waals surface area contributed by atoms with Gasteiger partial charge in [0.2, 0.25) is 0 Å². The molecule has 0 aliphatic carbocycles. The molecule has 0 amide bonds. The fourth-order valence-electron chi connectivity index (χ4n) is 6.78. The van der Waals surface area contributed by atoms with E-state index in [0.29, 0.717) is 17.5 Å². The first-order valence-electron chi connectivity index (χ1n) is 15.9. The van der Waals surface area contributed by atoms with Gasteiger partial charge in [-0.1, -0.05) is 109 Å². The molecule has 0 radical (unpaired) electrons. The van der Waals surface area contributed by atoms with Crippen molar-refractivity contribution in [3.63, 3.8) is 0 Å². The van der Waals surface area contributed by atoms with Gasteiger partial charge in [-0.3, -0.25) is 0 Å². The van der Waals surface area contributed by atoms with Gasteiger partial charge in [-0.25, -0.2) is 15.0 Å². The molecule has 0 saturated carbocycles. The zero-order valence-corrected chi connectivity index (χ0v) is 25.6. The van der Waals surface area contributed by atoms with Crippen molar-refractivity contribution < 1.29 is 8.83 Å². The number of benzene rings is 7. The Bertz CT molecular complexity index is 2840. The average molecular weight is 616 g/mol. The third kappa shape index (κ3) is 4.29. The molecule has 3 aromatic heterocycles. The monoisotopic (exact) mass is 615 g/mol. The van der Waals surface area contributed by atoms with E-state index in [2.05, 4.69) is 78.9 Å². The largest absolute Gasteiger partial charge is 0.456 e. The highest BCUT2D eigenvalue weighted by Gasteiger charge is 2.19. The Morgan fingerprint density at radius 1 is 0.333 bits per heavy atom. The summed E-state index contributed by atoms with van der Waals surface area (Å²) < 4.78 is 12.8. The molecular formula is C43H25N3O2. The van der Waals surface area contributed by atoms with E-state index in [1.54, 1.807) is 0 Å². The minimum Gasteiger partial charge on any atom is -0.456 e. The number of rotatable bonds is 4. The molecule has 0 spiro atoms. The second-order valence-corrected chi connectivity index (χ2v) is 12.0. The van der Waals surface area contributed by atoms with Crippen molar-refractivity contribution in [1.29, 1.82) is 0 Å². The van der Waals surface area contributed by atoms with Crippen LogP contribution in [-0.2, 0) is 0 Å². The Morgan fingerprint density at radius 2 is 0.917 bits per heavy atom. The predicted octanol–water partition coefficient (Wildman–Crippen LogP) is 11.5. The number of fused-ring (bicyclic) bond motifs is 7. The summed E-state index contributed by atoms with van der Waals surface area (Å²) in [5, 5.41) is 6.62. The van der Waals surface area contributed by atoms with Crippen LogP contribution in [0.4, 0.5) is 0 Å². The summed E-state index contributed by atoms with van der Waals surface area (Å²) >= 11 is 0. The van der Waals surface area contributed by atoms with Crippen LogP contribution in [0.2, 0.25) is 0 Å². The molecule has 3 heterocycles. The molecule has 0 aliphatic rings. The van der Waals surface area contributed by atoms with E-state index in [9.17, 15) is 0 Å². The zero-order chi connectivity index (χ0) is 31.6. The summed E-state index contributed by atoms with van der Waals surface area (Å²) in [6, 6.07) is 51.7. The van der Waals surface area contributed by atoms with E-state index >= 15 is 0 Å². The summed E-state index contributed by atoms with van der Waals surface area (Å²) in [6.07, 6.45) is 0. The van der Waals surface area contributed by atoms with Gasteiger partial charge in [0, 0.05) is 38.2 Å². The standard InChI is InChI=1S/C43H25N3O2/c1-3-11-26(12-4-1)34-22-31(25-39-40(34)33-17-9-10-18-36(33)47-39)43-45-41(27-13-5-2-6-14-27)44-42(46-43)30-19-20-32-35-21-28-15-7-8-16-29(28)23-38(35)48-37(32)24-30/h1-25H. The Labute approximate surface area is 274 Å². The van der Waals surface area contributed by atoms with Crippen LogP contribution in [0.5, 0.6) is 0 Å². The van der Waals surface area contributed by atoms with Gasteiger partial charge >= 0.3 is 0 Å². The molecule has 0 atom stereocenters. The van der Waals surface area contributed by atoms with E-state index in [1.165, 1.54) is 5.39 Å². The second kappa shape index (κ2) is 10.5. The highest BCUT2D eigenvalue weighted by atomic mass is 16.3. The molecule has 0 aliphatic heterocycles. The molecule has 5 nitrogen and oxygen atoms in total. The molecule has 0 bridgehead atoms. The van der Waals surface area contributed by atoms with Gasteiger partial charge < -0.3 is 8.83 Å². The number of hydrogen-bond donors (Lipinski definition) is 0. The SMILES string of the molecule is c1ccc(-c2nc(-c3ccc4c(c3)oc3cc5ccccc5cc34)nc(-c3cc(-c4ccccc4)c4c(c3)oc3ccccc34)n2)cc1. The van der Waals surface area contributed by atoms with E-state index in [0.717, 1.165) is 77.1 Å². The molecule has 0 saturated heterocycles. The summed E-state index contributed by atoms with van der Waals surface area (Å²) in [7, 11) is 0. The Morgan fingerprint density at radius 3 is 1.71 bits per heavy atom. The molecule has 48 heavy (non-hydrogen) atoms. The van der Waals surface area contributed by atoms with Crippen LogP contribution in [0.25, 0.3) is 99.9 Å². The van der Waals surface area contributed by atoms with Gasteiger partial charge in [-0.2, -0.15) is 0 Å². The second-order valence-electron chi connectivity index (χ2n) is 12.0. The van der Waals surface area contributed by atoms with Crippen LogP contribution < -0.4 is 0 Å². The summed E-state index contributed by atoms with van der Waals surface area (Å²) in [6.45, 7) is 0. The van der Waals surface area contributed by atoms with E-state index < -0.39 is 0 Å². The highest BCUT2D eigenvalue weighted by Crippen LogP contribution is 2.40. The lowest BCUT2D eigenvalue weighted by molar-refractivity contribution is 0.669. The number of para-hydroxylation sites is 1. The van der Waals surface area contributed by atoms with E-state index in [4.69, 9.17) is 23.8 Å². The number of aromatic nitrogens is 3. The van der Waals surface area contributed by atoms with Gasteiger partial charge in [0.05, 0.1) is 0 Å². The smallest absolute Gasteiger partial charge is 0.164 e. The quantitative estimate of drug-likeness (QED) is 0.197. The summed E-state index contributed by atoms with van der Waals surface area (Å²) in [5.41, 5.74) is 8.03. The van der Waals surface area contributed by atoms with Crippen molar-refractivity contribution in [3.8, 4) is 45.3 Å². The number of hydrogen-bond acceptors (Lipinski definition) is 5.